The lowest BCUT2D eigenvalue weighted by Gasteiger charge is -2.48. The third-order valence-corrected chi connectivity index (χ3v) is 9.75. The Morgan fingerprint density at radius 1 is 1.18 bits per heavy atom. The van der Waals surface area contributed by atoms with E-state index in [9.17, 15) is 14.4 Å². The van der Waals surface area contributed by atoms with Crippen molar-refractivity contribution in [2.45, 2.75) is 38.9 Å². The number of alkyl halides is 3. The van der Waals surface area contributed by atoms with Crippen LogP contribution >= 0.6 is 67.7 Å². The molecule has 13 heteroatoms. The lowest BCUT2D eigenvalue weighted by atomic mass is 10.0. The first-order valence-corrected chi connectivity index (χ1v) is 15.5. The van der Waals surface area contributed by atoms with Gasteiger partial charge in [0.25, 0.3) is 0 Å². The van der Waals surface area contributed by atoms with Gasteiger partial charge < -0.3 is 15.0 Å². The van der Waals surface area contributed by atoms with Crippen LogP contribution in [0.25, 0.3) is 10.2 Å². The number of halogens is 3. The number of likely N-dealkylation sites (tertiary alicyclic amines) is 1. The summed E-state index contributed by atoms with van der Waals surface area (Å²) in [4.78, 5) is 45.0. The molecule has 1 aliphatic rings. The van der Waals surface area contributed by atoms with Gasteiger partial charge in [-0.3, -0.25) is 9.59 Å². The van der Waals surface area contributed by atoms with E-state index in [4.69, 9.17) is 39.5 Å². The molecule has 3 aromatic rings. The van der Waals surface area contributed by atoms with Crippen molar-refractivity contribution in [3.63, 3.8) is 0 Å². The molecule has 1 fully saturated rings. The highest BCUT2D eigenvalue weighted by Gasteiger charge is 2.53. The fraction of sp³-hybridized carbons (Fsp3) is 0.280. The molecule has 3 unspecified atom stereocenters. The molecule has 0 aliphatic carbocycles. The van der Waals surface area contributed by atoms with Gasteiger partial charge >= 0.3 is 5.97 Å². The summed E-state index contributed by atoms with van der Waals surface area (Å²) in [5.41, 5.74) is 1.70. The second-order valence-electron chi connectivity index (χ2n) is 8.16. The molecule has 0 spiro atoms. The highest BCUT2D eigenvalue weighted by Crippen LogP contribution is 2.45. The molecule has 2 heterocycles. The van der Waals surface area contributed by atoms with E-state index in [0.29, 0.717) is 0 Å². The van der Waals surface area contributed by atoms with E-state index in [1.54, 1.807) is 13.0 Å². The fourth-order valence-corrected chi connectivity index (χ4v) is 7.84. The molecule has 2 aromatic carbocycles. The van der Waals surface area contributed by atoms with Crippen molar-refractivity contribution in [3.05, 3.63) is 72.3 Å². The van der Waals surface area contributed by atoms with Gasteiger partial charge in [0.05, 0.1) is 16.6 Å². The molecule has 0 radical (unpaired) electrons. The van der Waals surface area contributed by atoms with Gasteiger partial charge in [-0.05, 0) is 35.4 Å². The Morgan fingerprint density at radius 2 is 1.89 bits per heavy atom. The molecule has 0 bridgehead atoms. The van der Waals surface area contributed by atoms with Gasteiger partial charge in [0, 0.05) is 0 Å². The predicted octanol–water partition coefficient (Wildman–Crippen LogP) is 5.79. The number of benzene rings is 2. The van der Waals surface area contributed by atoms with Crippen LogP contribution in [0.15, 0.2) is 71.1 Å². The maximum Gasteiger partial charge on any atom is 0.333 e. The van der Waals surface area contributed by atoms with Crippen molar-refractivity contribution < 1.29 is 19.1 Å². The number of hydrogen-bond donors (Lipinski definition) is 1. The van der Waals surface area contributed by atoms with Gasteiger partial charge in [0.2, 0.25) is 15.6 Å². The highest BCUT2D eigenvalue weighted by molar-refractivity contribution is 8.77. The van der Waals surface area contributed by atoms with Gasteiger partial charge in [0.15, 0.2) is 4.34 Å². The zero-order chi connectivity index (χ0) is 27.3. The van der Waals surface area contributed by atoms with Crippen molar-refractivity contribution in [1.82, 2.24) is 15.2 Å². The average molecular weight is 631 g/mol. The SMILES string of the molecule is C/C=C\C(C(=O)OCC(Cl)(Cl)Cl)N1C(=O)C(NC(=O)Cc2ccccc2)C1SSc1nc2ccccc2s1. The van der Waals surface area contributed by atoms with Crippen LogP contribution in [0, 0.1) is 0 Å². The first-order valence-electron chi connectivity index (χ1n) is 11.4. The Bertz CT molecular complexity index is 1300. The smallest absolute Gasteiger partial charge is 0.333 e. The number of nitrogens with zero attached hydrogens (tertiary/aromatic N) is 2. The quantitative estimate of drug-likeness (QED) is 0.0997. The Hall–Kier alpha value is -1.95. The van der Waals surface area contributed by atoms with Crippen LogP contribution < -0.4 is 5.32 Å². The number of carbonyl (C=O) groups is 3. The number of ether oxygens (including phenoxy) is 1. The van der Waals surface area contributed by atoms with Gasteiger partial charge in [-0.2, -0.15) is 0 Å². The molecule has 1 aliphatic heterocycles. The van der Waals surface area contributed by atoms with E-state index in [-0.39, 0.29) is 12.3 Å². The first-order chi connectivity index (χ1) is 18.2. The molecule has 7 nitrogen and oxygen atoms in total. The maximum atomic E-state index is 13.3. The summed E-state index contributed by atoms with van der Waals surface area (Å²) in [6.45, 7) is 1.25. The molecule has 1 N–H and O–H groups in total. The number of amides is 2. The highest BCUT2D eigenvalue weighted by atomic mass is 35.6. The van der Waals surface area contributed by atoms with E-state index >= 15 is 0 Å². The summed E-state index contributed by atoms with van der Waals surface area (Å²) < 4.78 is 5.21. The van der Waals surface area contributed by atoms with Crippen LogP contribution in [0.2, 0.25) is 0 Å². The summed E-state index contributed by atoms with van der Waals surface area (Å²) >= 11 is 18.7. The van der Waals surface area contributed by atoms with Crippen molar-refractivity contribution in [2.75, 3.05) is 6.61 Å². The molecule has 1 aromatic heterocycles. The Morgan fingerprint density at radius 3 is 2.58 bits per heavy atom. The molecule has 1 saturated heterocycles. The Kier molecular flexibility index (Phi) is 9.89. The Labute approximate surface area is 246 Å². The second kappa shape index (κ2) is 12.9. The van der Waals surface area contributed by atoms with Crippen LogP contribution in [0.5, 0.6) is 0 Å². The van der Waals surface area contributed by atoms with Gasteiger partial charge in [-0.15, -0.1) is 11.3 Å². The Balaban J connectivity index is 1.52. The number of hydrogen-bond acceptors (Lipinski definition) is 8. The fourth-order valence-electron chi connectivity index (χ4n) is 3.71. The largest absolute Gasteiger partial charge is 0.459 e. The number of fused-ring (bicyclic) bond motifs is 1. The van der Waals surface area contributed by atoms with E-state index in [1.807, 2.05) is 54.6 Å². The lowest BCUT2D eigenvalue weighted by Crippen LogP contribution is -2.72. The number of esters is 1. The molecule has 200 valence electrons. The standard InChI is InChI=1S/C25H22Cl3N3O4S3/c1-2-8-17(23(34)35-14-25(26,27)28)31-21(33)20(30-19(32)13-15-9-4-3-5-10-15)22(31)37-38-24-29-16-11-6-7-12-18(16)36-24/h2-12,17,20,22H,13-14H2,1H3,(H,30,32)/b8-2-. The van der Waals surface area contributed by atoms with E-state index < -0.39 is 39.7 Å². The van der Waals surface area contributed by atoms with Crippen LogP contribution in [-0.2, 0) is 25.5 Å². The third-order valence-electron chi connectivity index (χ3n) is 5.39. The molecular formula is C25H22Cl3N3O4S3. The van der Waals surface area contributed by atoms with Crippen LogP contribution in [0.4, 0.5) is 0 Å². The van der Waals surface area contributed by atoms with Crippen LogP contribution in [0.1, 0.15) is 12.5 Å². The van der Waals surface area contributed by atoms with Crippen LogP contribution in [0.3, 0.4) is 0 Å². The summed E-state index contributed by atoms with van der Waals surface area (Å²) in [6.07, 6.45) is 3.30. The molecule has 3 atom stereocenters. The van der Waals surface area contributed by atoms with Crippen molar-refractivity contribution in [2.24, 2.45) is 0 Å². The maximum absolute atomic E-state index is 13.3. The first kappa shape index (κ1) is 29.0. The topological polar surface area (TPSA) is 88.6 Å². The number of aromatic nitrogens is 1. The normalized spacial score (nSPS) is 18.4. The minimum Gasteiger partial charge on any atom is -0.459 e. The van der Waals surface area contributed by atoms with Gasteiger partial charge in [-0.25, -0.2) is 9.78 Å². The zero-order valence-corrected chi connectivity index (χ0v) is 24.6. The van der Waals surface area contributed by atoms with E-state index in [2.05, 4.69) is 10.3 Å². The number of carbonyl (C=O) groups excluding carboxylic acids is 3. The summed E-state index contributed by atoms with van der Waals surface area (Å²) in [5.74, 6) is -1.46. The third kappa shape index (κ3) is 7.37. The predicted molar refractivity (Wildman–Crippen MR) is 156 cm³/mol. The average Bonchev–Trinajstić information content (AvgIpc) is 3.30. The zero-order valence-electron chi connectivity index (χ0n) is 19.9. The monoisotopic (exact) mass is 629 g/mol. The summed E-state index contributed by atoms with van der Waals surface area (Å²) in [5, 5.41) is 2.25. The number of nitrogens with one attached hydrogen (secondary N) is 1. The van der Waals surface area contributed by atoms with E-state index in [1.165, 1.54) is 43.9 Å². The van der Waals surface area contributed by atoms with Gasteiger partial charge in [0.1, 0.15) is 24.1 Å². The van der Waals surface area contributed by atoms with Gasteiger partial charge in [-0.1, -0.05) is 100 Å². The molecule has 38 heavy (non-hydrogen) atoms. The summed E-state index contributed by atoms with van der Waals surface area (Å²) in [6, 6.07) is 15.1. The van der Waals surface area contributed by atoms with Crippen molar-refractivity contribution in [3.8, 4) is 0 Å². The minimum absolute atomic E-state index is 0.122. The molecule has 0 saturated carbocycles. The number of rotatable bonds is 10. The van der Waals surface area contributed by atoms with Crippen LogP contribution in [-0.4, -0.2) is 55.5 Å². The number of para-hydroxylation sites is 1. The number of thiazole rings is 1. The lowest BCUT2D eigenvalue weighted by molar-refractivity contribution is -0.162. The van der Waals surface area contributed by atoms with Crippen molar-refractivity contribution >= 4 is 95.7 Å². The number of β-lactam (4-membered cyclic amide) rings is 1. The second-order valence-corrected chi connectivity index (χ2v) is 14.3. The molecular weight excluding hydrogens is 609 g/mol. The minimum atomic E-state index is -1.79. The number of allylic oxidation sites excluding steroid dienone is 1. The molecule has 2 amide bonds. The van der Waals surface area contributed by atoms with E-state index in [0.717, 1.165) is 20.1 Å². The summed E-state index contributed by atoms with van der Waals surface area (Å²) in [7, 11) is 2.70. The molecule has 4 rings (SSSR count). The van der Waals surface area contributed by atoms with Crippen molar-refractivity contribution in [1.29, 1.82) is 0 Å².